The third-order valence-corrected chi connectivity index (χ3v) is 4.79. The van der Waals surface area contributed by atoms with E-state index in [9.17, 15) is 4.21 Å². The largest absolute Gasteiger partial charge is 0.359 e. The molecule has 0 saturated heterocycles. The van der Waals surface area contributed by atoms with Crippen LogP contribution in [0.25, 0.3) is 0 Å². The molecule has 1 rings (SSSR count). The molecule has 0 amide bonds. The molecule has 6 heteroatoms. The molecule has 0 aromatic carbocycles. The van der Waals surface area contributed by atoms with Gasteiger partial charge in [0.15, 0.2) is 0 Å². The normalized spacial score (nSPS) is 15.4. The van der Waals surface area contributed by atoms with E-state index in [1.165, 1.54) is 64.2 Å². The van der Waals surface area contributed by atoms with Gasteiger partial charge in [-0.05, 0) is 12.8 Å². The molecule has 1 aliphatic rings. The zero-order valence-corrected chi connectivity index (χ0v) is 16.1. The Hall–Kier alpha value is -0.590. The lowest BCUT2D eigenvalue weighted by Crippen LogP contribution is -2.27. The van der Waals surface area contributed by atoms with Gasteiger partial charge in [0.05, 0.1) is 13.3 Å². The topological polar surface area (TPSA) is 53.0 Å². The van der Waals surface area contributed by atoms with Crippen molar-refractivity contribution < 1.29 is 12.9 Å². The molecule has 0 fully saturated rings. The minimum atomic E-state index is -2.13. The SMILES string of the molecule is CCCCCCCCCCCCN1C=CN(CCCOS(=O)O)C1. The molecule has 5 nitrogen and oxygen atoms in total. The van der Waals surface area contributed by atoms with Crippen LogP contribution in [0.3, 0.4) is 0 Å². The second kappa shape index (κ2) is 14.7. The van der Waals surface area contributed by atoms with Crippen LogP contribution in [0.2, 0.25) is 0 Å². The van der Waals surface area contributed by atoms with Gasteiger partial charge in [0, 0.05) is 25.5 Å². The number of nitrogens with zero attached hydrogens (tertiary/aromatic N) is 2. The summed E-state index contributed by atoms with van der Waals surface area (Å²) in [6.45, 7) is 5.51. The van der Waals surface area contributed by atoms with Crippen molar-refractivity contribution in [2.75, 3.05) is 26.4 Å². The van der Waals surface area contributed by atoms with E-state index in [0.29, 0.717) is 6.61 Å². The summed E-state index contributed by atoms with van der Waals surface area (Å²) >= 11 is -2.13. The Morgan fingerprint density at radius 3 is 1.92 bits per heavy atom. The van der Waals surface area contributed by atoms with Gasteiger partial charge < -0.3 is 9.80 Å². The Kier molecular flexibility index (Phi) is 13.2. The second-order valence-corrected chi connectivity index (χ2v) is 7.31. The third-order valence-electron chi connectivity index (χ3n) is 4.42. The second-order valence-electron chi connectivity index (χ2n) is 6.64. The van der Waals surface area contributed by atoms with E-state index in [4.69, 9.17) is 4.55 Å². The first-order valence-electron chi connectivity index (χ1n) is 9.63. The molecule has 0 saturated carbocycles. The van der Waals surface area contributed by atoms with E-state index < -0.39 is 11.4 Å². The quantitative estimate of drug-likeness (QED) is 0.324. The molecule has 142 valence electrons. The van der Waals surface area contributed by atoms with E-state index in [1.54, 1.807) is 0 Å². The molecule has 1 heterocycles. The van der Waals surface area contributed by atoms with Gasteiger partial charge in [0.25, 0.3) is 0 Å². The Balaban J connectivity index is 1.85. The Labute approximate surface area is 150 Å². The lowest BCUT2D eigenvalue weighted by molar-refractivity contribution is 0.235. The Morgan fingerprint density at radius 1 is 0.875 bits per heavy atom. The van der Waals surface area contributed by atoms with Crippen LogP contribution < -0.4 is 0 Å². The van der Waals surface area contributed by atoms with Gasteiger partial charge in [-0.25, -0.2) is 0 Å². The van der Waals surface area contributed by atoms with Crippen molar-refractivity contribution in [3.63, 3.8) is 0 Å². The van der Waals surface area contributed by atoms with Crippen LogP contribution in [-0.4, -0.2) is 44.9 Å². The maximum absolute atomic E-state index is 10.4. The molecule has 1 unspecified atom stereocenters. The first-order valence-corrected chi connectivity index (χ1v) is 10.7. The first-order chi connectivity index (χ1) is 11.7. The maximum atomic E-state index is 10.4. The predicted octanol–water partition coefficient (Wildman–Crippen LogP) is 4.50. The van der Waals surface area contributed by atoms with E-state index in [0.717, 1.165) is 26.2 Å². The number of rotatable bonds is 16. The van der Waals surface area contributed by atoms with Crippen LogP contribution in [-0.2, 0) is 15.5 Å². The average Bonchev–Trinajstić information content (AvgIpc) is 3.01. The van der Waals surface area contributed by atoms with E-state index >= 15 is 0 Å². The summed E-state index contributed by atoms with van der Waals surface area (Å²) in [6, 6.07) is 0. The smallest absolute Gasteiger partial charge is 0.301 e. The van der Waals surface area contributed by atoms with Gasteiger partial charge in [-0.1, -0.05) is 64.7 Å². The fraction of sp³-hybridized carbons (Fsp3) is 0.889. The lowest BCUT2D eigenvalue weighted by Gasteiger charge is -2.21. The standard InChI is InChI=1S/C18H36N2O3S/c1-2-3-4-5-6-7-8-9-10-11-13-19-15-16-20(18-19)14-12-17-23-24(21)22/h15-16H,2-14,17-18H2,1H3,(H,21,22). The molecular weight excluding hydrogens is 324 g/mol. The lowest BCUT2D eigenvalue weighted by atomic mass is 10.1. The molecule has 24 heavy (non-hydrogen) atoms. The average molecular weight is 361 g/mol. The summed E-state index contributed by atoms with van der Waals surface area (Å²) in [4.78, 5) is 4.57. The molecular formula is C18H36N2O3S. The van der Waals surface area contributed by atoms with E-state index in [2.05, 4.69) is 33.3 Å². The minimum Gasteiger partial charge on any atom is -0.359 e. The van der Waals surface area contributed by atoms with Crippen molar-refractivity contribution in [2.45, 2.75) is 77.6 Å². The summed E-state index contributed by atoms with van der Waals surface area (Å²) in [5, 5.41) is 0. The highest BCUT2D eigenvalue weighted by atomic mass is 32.2. The first kappa shape index (κ1) is 21.5. The van der Waals surface area contributed by atoms with Crippen molar-refractivity contribution in [1.82, 2.24) is 9.80 Å². The van der Waals surface area contributed by atoms with E-state index in [1.807, 2.05) is 0 Å². The summed E-state index contributed by atoms with van der Waals surface area (Å²) < 4.78 is 23.5. The summed E-state index contributed by atoms with van der Waals surface area (Å²) in [5.41, 5.74) is 0. The van der Waals surface area contributed by atoms with Gasteiger partial charge in [-0.15, -0.1) is 0 Å². The van der Waals surface area contributed by atoms with Crippen molar-refractivity contribution in [3.8, 4) is 0 Å². The highest BCUT2D eigenvalue weighted by Gasteiger charge is 2.11. The highest BCUT2D eigenvalue weighted by Crippen LogP contribution is 2.12. The van der Waals surface area contributed by atoms with Crippen LogP contribution in [0.1, 0.15) is 77.6 Å². The predicted molar refractivity (Wildman–Crippen MR) is 101 cm³/mol. The van der Waals surface area contributed by atoms with Gasteiger partial charge in [-0.3, -0.25) is 8.74 Å². The summed E-state index contributed by atoms with van der Waals surface area (Å²) in [7, 11) is 0. The van der Waals surface area contributed by atoms with Crippen LogP contribution in [0.4, 0.5) is 0 Å². The molecule has 0 aromatic heterocycles. The van der Waals surface area contributed by atoms with Crippen molar-refractivity contribution in [1.29, 1.82) is 0 Å². The molecule has 1 aliphatic heterocycles. The Bertz CT molecular complexity index is 353. The molecule has 0 aromatic rings. The van der Waals surface area contributed by atoms with Crippen molar-refractivity contribution >= 4 is 11.4 Å². The highest BCUT2D eigenvalue weighted by molar-refractivity contribution is 7.74. The van der Waals surface area contributed by atoms with Gasteiger partial charge >= 0.3 is 11.4 Å². The zero-order valence-electron chi connectivity index (χ0n) is 15.3. The maximum Gasteiger partial charge on any atom is 0.301 e. The summed E-state index contributed by atoms with van der Waals surface area (Å²) in [6.07, 6.45) is 18.8. The summed E-state index contributed by atoms with van der Waals surface area (Å²) in [5.74, 6) is 0. The fourth-order valence-electron chi connectivity index (χ4n) is 3.01. The fourth-order valence-corrected chi connectivity index (χ4v) is 3.27. The van der Waals surface area contributed by atoms with Crippen LogP contribution >= 0.6 is 0 Å². The van der Waals surface area contributed by atoms with Crippen molar-refractivity contribution in [2.24, 2.45) is 0 Å². The molecule has 0 aliphatic carbocycles. The van der Waals surface area contributed by atoms with Gasteiger partial charge in [0.1, 0.15) is 0 Å². The molecule has 1 N–H and O–H groups in total. The Morgan fingerprint density at radius 2 is 1.38 bits per heavy atom. The number of hydrogen-bond donors (Lipinski definition) is 1. The monoisotopic (exact) mass is 360 g/mol. The molecule has 0 bridgehead atoms. The van der Waals surface area contributed by atoms with Gasteiger partial charge in [-0.2, -0.15) is 4.21 Å². The van der Waals surface area contributed by atoms with Crippen molar-refractivity contribution in [3.05, 3.63) is 12.4 Å². The number of unbranched alkanes of at least 4 members (excludes halogenated alkanes) is 9. The molecule has 0 radical (unpaired) electrons. The minimum absolute atomic E-state index is 0.325. The third kappa shape index (κ3) is 11.9. The zero-order chi connectivity index (χ0) is 17.5. The molecule has 1 atom stereocenters. The van der Waals surface area contributed by atoms with Crippen LogP contribution in [0.5, 0.6) is 0 Å². The number of hydrogen-bond acceptors (Lipinski definition) is 4. The molecule has 0 spiro atoms. The van der Waals surface area contributed by atoms with Gasteiger partial charge in [0.2, 0.25) is 0 Å². The van der Waals surface area contributed by atoms with Crippen LogP contribution in [0, 0.1) is 0 Å². The van der Waals surface area contributed by atoms with E-state index in [-0.39, 0.29) is 0 Å². The van der Waals surface area contributed by atoms with Crippen LogP contribution in [0.15, 0.2) is 12.4 Å².